The second-order valence-electron chi connectivity index (χ2n) is 4.45. The van der Waals surface area contributed by atoms with Crippen molar-refractivity contribution in [2.75, 3.05) is 13.1 Å². The lowest BCUT2D eigenvalue weighted by Crippen LogP contribution is -2.45. The van der Waals surface area contributed by atoms with E-state index >= 15 is 0 Å². The third-order valence-electron chi connectivity index (χ3n) is 3.16. The van der Waals surface area contributed by atoms with E-state index in [1.165, 1.54) is 0 Å². The van der Waals surface area contributed by atoms with Crippen molar-refractivity contribution in [3.8, 4) is 0 Å². The largest absolute Gasteiger partial charge is 0.347 e. The molecule has 0 radical (unpaired) electrons. The third-order valence-corrected chi connectivity index (χ3v) is 3.16. The van der Waals surface area contributed by atoms with Crippen LogP contribution in [0.5, 0.6) is 0 Å². The molecule has 3 rings (SSSR count). The van der Waals surface area contributed by atoms with Crippen LogP contribution in [0.2, 0.25) is 0 Å². The second-order valence-corrected chi connectivity index (χ2v) is 4.45. The monoisotopic (exact) mass is 245 g/mol. The number of amides is 1. The number of aromatic nitrogens is 3. The zero-order valence-corrected chi connectivity index (χ0v) is 9.97. The van der Waals surface area contributed by atoms with Gasteiger partial charge in [0, 0.05) is 37.4 Å². The molecular weight excluding hydrogens is 230 g/mol. The van der Waals surface area contributed by atoms with E-state index in [1.54, 1.807) is 29.2 Å². The molecule has 6 heteroatoms. The van der Waals surface area contributed by atoms with Gasteiger partial charge in [0.2, 0.25) is 0 Å². The number of carbonyl (C=O) groups is 1. The van der Waals surface area contributed by atoms with E-state index in [1.807, 2.05) is 0 Å². The van der Waals surface area contributed by atoms with Gasteiger partial charge in [0.15, 0.2) is 11.3 Å². The molecule has 94 valence electrons. The lowest BCUT2D eigenvalue weighted by molar-refractivity contribution is 0.0927. The molecule has 0 spiro atoms. The number of imidazole rings is 1. The average molecular weight is 245 g/mol. The molecule has 3 heterocycles. The molecule has 1 aliphatic rings. The van der Waals surface area contributed by atoms with Gasteiger partial charge in [-0.3, -0.25) is 4.79 Å². The molecule has 0 aliphatic carbocycles. The van der Waals surface area contributed by atoms with Crippen LogP contribution in [0.1, 0.15) is 23.3 Å². The second kappa shape index (κ2) is 4.73. The molecule has 1 fully saturated rings. The van der Waals surface area contributed by atoms with Gasteiger partial charge >= 0.3 is 0 Å². The molecule has 0 unspecified atom stereocenters. The Hall–Kier alpha value is -1.95. The van der Waals surface area contributed by atoms with Crippen molar-refractivity contribution < 1.29 is 4.79 Å². The number of hydrogen-bond donors (Lipinski definition) is 2. The van der Waals surface area contributed by atoms with Gasteiger partial charge in [0.1, 0.15) is 0 Å². The van der Waals surface area contributed by atoms with Gasteiger partial charge in [-0.1, -0.05) is 0 Å². The van der Waals surface area contributed by atoms with Gasteiger partial charge in [-0.05, 0) is 19.4 Å². The lowest BCUT2D eigenvalue weighted by Gasteiger charge is -2.23. The van der Waals surface area contributed by atoms with Crippen molar-refractivity contribution in [1.82, 2.24) is 25.0 Å². The average Bonchev–Trinajstić information content (AvgIpc) is 2.87. The highest BCUT2D eigenvalue weighted by Gasteiger charge is 2.19. The summed E-state index contributed by atoms with van der Waals surface area (Å²) in [5.74, 6) is -0.152. The summed E-state index contributed by atoms with van der Waals surface area (Å²) in [6.45, 7) is 1.85. The molecule has 18 heavy (non-hydrogen) atoms. The van der Waals surface area contributed by atoms with Crippen molar-refractivity contribution in [3.05, 3.63) is 30.5 Å². The van der Waals surface area contributed by atoms with Gasteiger partial charge < -0.3 is 15.0 Å². The van der Waals surface area contributed by atoms with Crippen molar-refractivity contribution in [2.24, 2.45) is 0 Å². The third kappa shape index (κ3) is 2.06. The van der Waals surface area contributed by atoms with E-state index in [-0.39, 0.29) is 11.9 Å². The minimum absolute atomic E-state index is 0.152. The summed E-state index contributed by atoms with van der Waals surface area (Å²) in [6, 6.07) is 0.184. The highest BCUT2D eigenvalue weighted by molar-refractivity contribution is 5.97. The molecule has 1 amide bonds. The number of rotatable bonds is 2. The number of fused-ring (bicyclic) bond motifs is 1. The Kier molecular flexibility index (Phi) is 2.93. The molecule has 2 aromatic rings. The minimum Gasteiger partial charge on any atom is -0.347 e. The SMILES string of the molecule is O=C(N[C@H]1CCCNC1)c1nccn2ccnc12. The molecule has 0 bridgehead atoms. The quantitative estimate of drug-likeness (QED) is 0.793. The van der Waals surface area contributed by atoms with E-state index in [4.69, 9.17) is 0 Å². The van der Waals surface area contributed by atoms with Crippen LogP contribution in [-0.2, 0) is 0 Å². The standard InChI is InChI=1S/C12H15N5O/c18-12(16-9-2-1-3-13-8-9)10-11-15-5-7-17(11)6-4-14-10/h4-7,9,13H,1-3,8H2,(H,16,18)/t9-/m0/s1. The first-order valence-corrected chi connectivity index (χ1v) is 6.14. The van der Waals surface area contributed by atoms with Crippen molar-refractivity contribution in [3.63, 3.8) is 0 Å². The highest BCUT2D eigenvalue weighted by atomic mass is 16.2. The Balaban J connectivity index is 1.81. The number of nitrogens with zero attached hydrogens (tertiary/aromatic N) is 3. The Morgan fingerprint density at radius 3 is 3.00 bits per heavy atom. The van der Waals surface area contributed by atoms with Gasteiger partial charge in [-0.2, -0.15) is 0 Å². The first-order valence-electron chi connectivity index (χ1n) is 6.14. The predicted octanol–water partition coefficient (Wildman–Crippen LogP) is 0.211. The highest BCUT2D eigenvalue weighted by Crippen LogP contribution is 2.07. The maximum atomic E-state index is 12.2. The lowest BCUT2D eigenvalue weighted by atomic mass is 10.1. The number of nitrogens with one attached hydrogen (secondary N) is 2. The van der Waals surface area contributed by atoms with Crippen LogP contribution < -0.4 is 10.6 Å². The summed E-state index contributed by atoms with van der Waals surface area (Å²) in [5.41, 5.74) is 0.979. The van der Waals surface area contributed by atoms with Crippen LogP contribution in [0.4, 0.5) is 0 Å². The Morgan fingerprint density at radius 1 is 1.39 bits per heavy atom. The van der Waals surface area contributed by atoms with Gasteiger partial charge in [-0.15, -0.1) is 0 Å². The summed E-state index contributed by atoms with van der Waals surface area (Å²) in [5, 5.41) is 6.27. The van der Waals surface area contributed by atoms with Gasteiger partial charge in [0.25, 0.3) is 5.91 Å². The fourth-order valence-corrected chi connectivity index (χ4v) is 2.24. The van der Waals surface area contributed by atoms with Crippen LogP contribution in [0.25, 0.3) is 5.65 Å². The Labute approximate surface area is 104 Å². The van der Waals surface area contributed by atoms with Crippen LogP contribution in [0, 0.1) is 0 Å². The summed E-state index contributed by atoms with van der Waals surface area (Å²) in [7, 11) is 0. The van der Waals surface area contributed by atoms with Crippen LogP contribution in [0.3, 0.4) is 0 Å². The number of carbonyl (C=O) groups excluding carboxylic acids is 1. The van der Waals surface area contributed by atoms with Gasteiger partial charge in [-0.25, -0.2) is 9.97 Å². The van der Waals surface area contributed by atoms with Crippen LogP contribution in [-0.4, -0.2) is 39.4 Å². The summed E-state index contributed by atoms with van der Waals surface area (Å²) >= 11 is 0. The summed E-state index contributed by atoms with van der Waals surface area (Å²) in [6.07, 6.45) is 8.96. The molecule has 6 nitrogen and oxygen atoms in total. The zero-order valence-electron chi connectivity index (χ0n) is 9.97. The van der Waals surface area contributed by atoms with Crippen LogP contribution in [0.15, 0.2) is 24.8 Å². The molecule has 2 N–H and O–H groups in total. The van der Waals surface area contributed by atoms with E-state index in [2.05, 4.69) is 20.6 Å². The van der Waals surface area contributed by atoms with E-state index in [0.29, 0.717) is 11.3 Å². The fourth-order valence-electron chi connectivity index (χ4n) is 2.24. The summed E-state index contributed by atoms with van der Waals surface area (Å²) in [4.78, 5) is 20.5. The maximum Gasteiger partial charge on any atom is 0.274 e. The first-order chi connectivity index (χ1) is 8.84. The Morgan fingerprint density at radius 2 is 2.22 bits per heavy atom. The predicted molar refractivity (Wildman–Crippen MR) is 66.3 cm³/mol. The zero-order chi connectivity index (χ0) is 12.4. The summed E-state index contributed by atoms with van der Waals surface area (Å²) < 4.78 is 1.79. The molecule has 0 saturated carbocycles. The molecule has 1 aliphatic heterocycles. The fraction of sp³-hybridized carbons (Fsp3) is 0.417. The van der Waals surface area contributed by atoms with Crippen LogP contribution >= 0.6 is 0 Å². The maximum absolute atomic E-state index is 12.2. The van der Waals surface area contributed by atoms with E-state index in [9.17, 15) is 4.79 Å². The molecule has 2 aromatic heterocycles. The van der Waals surface area contributed by atoms with Crippen molar-refractivity contribution >= 4 is 11.6 Å². The van der Waals surface area contributed by atoms with E-state index < -0.39 is 0 Å². The van der Waals surface area contributed by atoms with Gasteiger partial charge in [0.05, 0.1) is 0 Å². The topological polar surface area (TPSA) is 71.3 Å². The molecule has 1 saturated heterocycles. The molecular formula is C12H15N5O. The molecule has 1 atom stereocenters. The minimum atomic E-state index is -0.152. The van der Waals surface area contributed by atoms with Crippen molar-refractivity contribution in [2.45, 2.75) is 18.9 Å². The molecule has 0 aromatic carbocycles. The first kappa shape index (κ1) is 11.2. The Bertz CT molecular complexity index is 558. The number of piperidine rings is 1. The normalized spacial score (nSPS) is 19.9. The van der Waals surface area contributed by atoms with Crippen molar-refractivity contribution in [1.29, 1.82) is 0 Å². The van der Waals surface area contributed by atoms with E-state index in [0.717, 1.165) is 25.9 Å². The number of hydrogen-bond acceptors (Lipinski definition) is 4. The smallest absolute Gasteiger partial charge is 0.274 e.